The number of ketones is 1. The van der Waals surface area contributed by atoms with Crippen LogP contribution in [0.25, 0.3) is 0 Å². The molecule has 2 N–H and O–H groups in total. The van der Waals surface area contributed by atoms with E-state index in [1.165, 1.54) is 11.6 Å². The lowest BCUT2D eigenvalue weighted by molar-refractivity contribution is -0.146. The molecule has 0 spiro atoms. The largest absolute Gasteiger partial charge is 0.466 e. The van der Waals surface area contributed by atoms with E-state index in [2.05, 4.69) is 17.0 Å². The van der Waals surface area contributed by atoms with Gasteiger partial charge in [-0.25, -0.2) is 4.39 Å². The Kier molecular flexibility index (Phi) is 11.2. The number of aryl methyl sites for hydroxylation is 2. The molecule has 222 valence electrons. The van der Waals surface area contributed by atoms with Crippen LogP contribution in [0.15, 0.2) is 42.5 Å². The van der Waals surface area contributed by atoms with Gasteiger partial charge < -0.3 is 15.4 Å². The number of Topliss-reactive ketones (excluding diaryl/α,β-unsaturated/α-hetero) is 1. The predicted octanol–water partition coefficient (Wildman–Crippen LogP) is 4.98. The number of amides is 1. The summed E-state index contributed by atoms with van der Waals surface area (Å²) in [6, 6.07) is 11.5. The van der Waals surface area contributed by atoms with Gasteiger partial charge in [0.1, 0.15) is 5.82 Å². The van der Waals surface area contributed by atoms with Gasteiger partial charge in [-0.05, 0) is 68.7 Å². The third-order valence-electron chi connectivity index (χ3n) is 8.13. The van der Waals surface area contributed by atoms with Gasteiger partial charge >= 0.3 is 5.97 Å². The topological polar surface area (TPSA) is 92.9 Å². The van der Waals surface area contributed by atoms with Crippen molar-refractivity contribution in [2.75, 3.05) is 19.7 Å². The molecule has 2 aliphatic heterocycles. The number of hydrogen-bond acceptors (Lipinski definition) is 6. The minimum atomic E-state index is -0.829. The zero-order valence-electron chi connectivity index (χ0n) is 23.4. The van der Waals surface area contributed by atoms with Crippen molar-refractivity contribution >= 4 is 40.9 Å². The van der Waals surface area contributed by atoms with Crippen molar-refractivity contribution in [2.24, 2.45) is 5.73 Å². The maximum atomic E-state index is 14.5. The van der Waals surface area contributed by atoms with Gasteiger partial charge in [0.2, 0.25) is 5.91 Å². The van der Waals surface area contributed by atoms with E-state index in [0.717, 1.165) is 18.9 Å². The number of nitrogens with zero attached hydrogens (tertiary/aromatic N) is 2. The summed E-state index contributed by atoms with van der Waals surface area (Å²) in [6.07, 6.45) is 3.17. The lowest BCUT2D eigenvalue weighted by Gasteiger charge is -2.32. The molecule has 41 heavy (non-hydrogen) atoms. The maximum absolute atomic E-state index is 14.5. The van der Waals surface area contributed by atoms with Crippen LogP contribution in [0.3, 0.4) is 0 Å². The zero-order valence-corrected chi connectivity index (χ0v) is 24.9. The van der Waals surface area contributed by atoms with Gasteiger partial charge in [-0.3, -0.25) is 19.3 Å². The van der Waals surface area contributed by atoms with Gasteiger partial charge in [-0.1, -0.05) is 53.5 Å². The second kappa shape index (κ2) is 14.6. The summed E-state index contributed by atoms with van der Waals surface area (Å²) in [7, 11) is 0. The molecule has 2 aromatic carbocycles. The third-order valence-corrected chi connectivity index (χ3v) is 8.85. The zero-order chi connectivity index (χ0) is 29.5. The summed E-state index contributed by atoms with van der Waals surface area (Å²) in [5, 5.41) is 0.305. The summed E-state index contributed by atoms with van der Waals surface area (Å²) in [5.74, 6) is -1.33. The Hall–Kier alpha value is -2.52. The molecule has 1 amide bonds. The molecule has 2 aliphatic rings. The fourth-order valence-electron chi connectivity index (χ4n) is 6.05. The molecule has 2 aromatic rings. The van der Waals surface area contributed by atoms with Crippen LogP contribution in [0.4, 0.5) is 4.39 Å². The van der Waals surface area contributed by atoms with Crippen molar-refractivity contribution in [1.29, 1.82) is 0 Å². The Morgan fingerprint density at radius 1 is 1.12 bits per heavy atom. The summed E-state index contributed by atoms with van der Waals surface area (Å²) >= 11 is 12.0. The third kappa shape index (κ3) is 8.07. The molecule has 1 unspecified atom stereocenters. The van der Waals surface area contributed by atoms with Crippen LogP contribution in [-0.4, -0.2) is 71.3 Å². The molecule has 2 heterocycles. The van der Waals surface area contributed by atoms with Crippen LogP contribution in [0.1, 0.15) is 56.6 Å². The number of halogens is 3. The average molecular weight is 607 g/mol. The molecular weight excluding hydrogens is 568 g/mol. The fraction of sp³-hybridized carbons (Fsp3) is 0.516. The minimum Gasteiger partial charge on any atom is -0.466 e. The van der Waals surface area contributed by atoms with Gasteiger partial charge in [-0.15, -0.1) is 0 Å². The van der Waals surface area contributed by atoms with Crippen molar-refractivity contribution in [3.8, 4) is 0 Å². The summed E-state index contributed by atoms with van der Waals surface area (Å²) < 4.78 is 19.6. The molecule has 0 aliphatic carbocycles. The molecule has 7 nitrogen and oxygen atoms in total. The van der Waals surface area contributed by atoms with E-state index in [1.54, 1.807) is 11.8 Å². The van der Waals surface area contributed by atoms with Crippen LogP contribution in [-0.2, 0) is 32.0 Å². The van der Waals surface area contributed by atoms with Gasteiger partial charge in [0.05, 0.1) is 28.7 Å². The van der Waals surface area contributed by atoms with Crippen LogP contribution < -0.4 is 5.73 Å². The normalized spacial score (nSPS) is 21.8. The second-order valence-electron chi connectivity index (χ2n) is 10.9. The van der Waals surface area contributed by atoms with Crippen LogP contribution in [0.5, 0.6) is 0 Å². The maximum Gasteiger partial charge on any atom is 0.305 e. The number of fused-ring (bicyclic) bond motifs is 1. The minimum absolute atomic E-state index is 0.000488. The number of carbonyl (C=O) groups excluding carboxylic acids is 3. The highest BCUT2D eigenvalue weighted by molar-refractivity contribution is 6.42. The highest BCUT2D eigenvalue weighted by Crippen LogP contribution is 2.31. The molecule has 2 saturated heterocycles. The Morgan fingerprint density at radius 2 is 1.85 bits per heavy atom. The van der Waals surface area contributed by atoms with E-state index in [1.807, 2.05) is 18.2 Å². The first-order valence-electron chi connectivity index (χ1n) is 14.3. The number of nitrogens with two attached hydrogens (primary N) is 1. The molecule has 10 heteroatoms. The smallest absolute Gasteiger partial charge is 0.305 e. The van der Waals surface area contributed by atoms with Crippen molar-refractivity contribution in [3.05, 3.63) is 69.5 Å². The first kappa shape index (κ1) is 31.4. The summed E-state index contributed by atoms with van der Waals surface area (Å²) in [5.41, 5.74) is 7.85. The number of benzene rings is 2. The molecule has 0 radical (unpaired) electrons. The highest BCUT2D eigenvalue weighted by atomic mass is 35.5. The Labute approximate surface area is 251 Å². The number of hydrogen-bond donors (Lipinski definition) is 1. The van der Waals surface area contributed by atoms with E-state index in [4.69, 9.17) is 33.7 Å². The van der Waals surface area contributed by atoms with Crippen molar-refractivity contribution in [3.63, 3.8) is 0 Å². The SMILES string of the molecule is CCOC(=O)CC[C@H](C(=O)CCc1cc(Cl)c(Cl)cc1F)N1CCC(CCc2ccccc2)N2C[C@H](N)C[C@H]2C1=O. The van der Waals surface area contributed by atoms with Crippen LogP contribution in [0.2, 0.25) is 10.0 Å². The van der Waals surface area contributed by atoms with Crippen LogP contribution >= 0.6 is 23.2 Å². The van der Waals surface area contributed by atoms with Crippen LogP contribution in [0, 0.1) is 5.82 Å². The highest BCUT2D eigenvalue weighted by Gasteiger charge is 2.45. The van der Waals surface area contributed by atoms with E-state index in [-0.39, 0.29) is 71.7 Å². The van der Waals surface area contributed by atoms with Gasteiger partial charge in [0.25, 0.3) is 0 Å². The van der Waals surface area contributed by atoms with Crippen molar-refractivity contribution in [1.82, 2.24) is 9.80 Å². The van der Waals surface area contributed by atoms with Gasteiger partial charge in [0.15, 0.2) is 5.78 Å². The molecule has 0 bridgehead atoms. The summed E-state index contributed by atoms with van der Waals surface area (Å²) in [4.78, 5) is 43.8. The van der Waals surface area contributed by atoms with E-state index in [9.17, 15) is 18.8 Å². The molecule has 4 rings (SSSR count). The molecule has 0 saturated carbocycles. The molecule has 4 atom stereocenters. The number of carbonyl (C=O) groups is 3. The van der Waals surface area contributed by atoms with Crippen molar-refractivity contribution in [2.45, 2.75) is 82.5 Å². The van der Waals surface area contributed by atoms with Gasteiger partial charge in [0, 0.05) is 38.0 Å². The second-order valence-corrected chi connectivity index (χ2v) is 11.7. The number of rotatable bonds is 12. The molecule has 2 fully saturated rings. The lowest BCUT2D eigenvalue weighted by Crippen LogP contribution is -2.50. The first-order chi connectivity index (χ1) is 19.7. The Morgan fingerprint density at radius 3 is 2.59 bits per heavy atom. The fourth-order valence-corrected chi connectivity index (χ4v) is 6.39. The number of ether oxygens (including phenoxy) is 1. The average Bonchev–Trinajstić information content (AvgIpc) is 3.29. The first-order valence-corrected chi connectivity index (χ1v) is 15.1. The van der Waals surface area contributed by atoms with Crippen molar-refractivity contribution < 1.29 is 23.5 Å². The van der Waals surface area contributed by atoms with Gasteiger partial charge in [-0.2, -0.15) is 0 Å². The monoisotopic (exact) mass is 605 g/mol. The Bertz CT molecular complexity index is 1230. The quantitative estimate of drug-likeness (QED) is 0.271. The predicted molar refractivity (Wildman–Crippen MR) is 157 cm³/mol. The standard InChI is InChI=1S/C31H38Cl2FN3O4/c1-2-41-30(39)13-11-27(29(38)12-9-21-16-24(32)25(33)18-26(21)34)36-15-14-23(10-8-20-6-4-3-5-7-20)37-19-22(35)17-28(37)31(36)40/h3-7,16,18,22-23,27-28H,2,8-15,17,19,35H2,1H3/t22-,23?,27-,28+/m1/s1. The van der Waals surface area contributed by atoms with E-state index < -0.39 is 23.9 Å². The summed E-state index contributed by atoms with van der Waals surface area (Å²) in [6.45, 7) is 2.97. The number of esters is 1. The Balaban J connectivity index is 1.53. The van der Waals surface area contributed by atoms with E-state index >= 15 is 0 Å². The molecular formula is C31H38Cl2FN3O4. The van der Waals surface area contributed by atoms with E-state index in [0.29, 0.717) is 25.9 Å². The lowest BCUT2D eigenvalue weighted by atomic mass is 9.97. The molecule has 0 aromatic heterocycles.